The summed E-state index contributed by atoms with van der Waals surface area (Å²) in [5, 5.41) is 16.5. The van der Waals surface area contributed by atoms with E-state index in [-0.39, 0.29) is 12.2 Å². The average molecular weight is 421 g/mol. The lowest BCUT2D eigenvalue weighted by molar-refractivity contribution is -0.125. The van der Waals surface area contributed by atoms with Gasteiger partial charge in [0.15, 0.2) is 11.5 Å². The van der Waals surface area contributed by atoms with Crippen LogP contribution in [0.25, 0.3) is 0 Å². The van der Waals surface area contributed by atoms with Crippen molar-refractivity contribution in [1.29, 1.82) is 0 Å². The van der Waals surface area contributed by atoms with Crippen molar-refractivity contribution in [2.75, 3.05) is 19.5 Å². The number of hydrogen-bond acceptors (Lipinski definition) is 6. The van der Waals surface area contributed by atoms with Crippen LogP contribution in [0, 0.1) is 0 Å². The molecule has 1 atom stereocenters. The number of oxime groups is 1. The Morgan fingerprint density at radius 2 is 2.12 bits per heavy atom. The van der Waals surface area contributed by atoms with Gasteiger partial charge in [0.2, 0.25) is 6.10 Å². The predicted molar refractivity (Wildman–Crippen MR) is 100 cm³/mol. The van der Waals surface area contributed by atoms with Gasteiger partial charge >= 0.3 is 0 Å². The third-order valence-electron chi connectivity index (χ3n) is 3.89. The van der Waals surface area contributed by atoms with Gasteiger partial charge in [0, 0.05) is 16.5 Å². The van der Waals surface area contributed by atoms with E-state index in [1.165, 1.54) is 13.2 Å². The molecule has 0 bridgehead atoms. The van der Waals surface area contributed by atoms with E-state index < -0.39 is 12.0 Å². The van der Waals surface area contributed by atoms with Crippen LogP contribution in [-0.2, 0) is 9.63 Å². The first-order valence-corrected chi connectivity index (χ1v) is 8.56. The summed E-state index contributed by atoms with van der Waals surface area (Å²) in [5.74, 6) is 0.664. The first kappa shape index (κ1) is 18.1. The number of nitrogens with zero attached hydrogens (tertiary/aromatic N) is 1. The number of hydrogen-bond donors (Lipinski definition) is 2. The van der Waals surface area contributed by atoms with Crippen LogP contribution in [0.3, 0.4) is 0 Å². The minimum atomic E-state index is -0.806. The highest BCUT2D eigenvalue weighted by Crippen LogP contribution is 2.34. The number of nitrogens with one attached hydrogen (secondary N) is 1. The molecule has 26 heavy (non-hydrogen) atoms. The van der Waals surface area contributed by atoms with E-state index in [9.17, 15) is 9.90 Å². The van der Waals surface area contributed by atoms with E-state index in [2.05, 4.69) is 26.4 Å². The molecule has 8 heteroatoms. The second-order valence-electron chi connectivity index (χ2n) is 5.53. The molecule has 3 rings (SSSR count). The molecular weight excluding hydrogens is 404 g/mol. The fourth-order valence-corrected chi connectivity index (χ4v) is 2.97. The minimum Gasteiger partial charge on any atom is -0.506 e. The van der Waals surface area contributed by atoms with Crippen molar-refractivity contribution >= 4 is 33.2 Å². The van der Waals surface area contributed by atoms with Crippen LogP contribution < -0.4 is 14.8 Å². The number of halogens is 1. The van der Waals surface area contributed by atoms with Gasteiger partial charge in [0.25, 0.3) is 5.91 Å². The maximum atomic E-state index is 12.4. The number of rotatable bonds is 5. The lowest BCUT2D eigenvalue weighted by Gasteiger charge is -2.12. The van der Waals surface area contributed by atoms with Gasteiger partial charge in [-0.05, 0) is 30.3 Å². The number of aromatic hydroxyl groups is 1. The molecule has 0 radical (unpaired) electrons. The number of para-hydroxylation sites is 1. The van der Waals surface area contributed by atoms with Gasteiger partial charge in [-0.25, -0.2) is 0 Å². The number of amides is 1. The van der Waals surface area contributed by atoms with Crippen molar-refractivity contribution in [3.63, 3.8) is 0 Å². The summed E-state index contributed by atoms with van der Waals surface area (Å²) in [6.07, 6.45) is -0.538. The second-order valence-corrected chi connectivity index (χ2v) is 6.44. The summed E-state index contributed by atoms with van der Waals surface area (Å²) in [5.41, 5.74) is 1.58. The Balaban J connectivity index is 1.74. The van der Waals surface area contributed by atoms with Crippen LogP contribution in [0.2, 0.25) is 0 Å². The van der Waals surface area contributed by atoms with Gasteiger partial charge in [-0.15, -0.1) is 0 Å². The van der Waals surface area contributed by atoms with Gasteiger partial charge in [0.05, 0.1) is 25.6 Å². The Hall–Kier alpha value is -2.74. The standard InChI is InChI=1S/C18H17BrN2O5/c1-24-15-5-3-4-11(17(15)25-2)12-9-16(26-21-12)18(23)20-13-8-10(19)6-7-14(13)22/h3-8,16,22H,9H2,1-2H3,(H,20,23)/t16-/m1/s1. The Labute approximate surface area is 158 Å². The lowest BCUT2D eigenvalue weighted by atomic mass is 10.0. The van der Waals surface area contributed by atoms with Crippen LogP contribution in [0.5, 0.6) is 17.2 Å². The Morgan fingerprint density at radius 3 is 2.85 bits per heavy atom. The van der Waals surface area contributed by atoms with E-state index >= 15 is 0 Å². The molecule has 0 spiro atoms. The van der Waals surface area contributed by atoms with Crippen molar-refractivity contribution in [3.05, 3.63) is 46.4 Å². The van der Waals surface area contributed by atoms with Crippen LogP contribution in [0.15, 0.2) is 46.0 Å². The third kappa shape index (κ3) is 3.60. The normalized spacial score (nSPS) is 15.8. The fraction of sp³-hybridized carbons (Fsp3) is 0.222. The highest BCUT2D eigenvalue weighted by atomic mass is 79.9. The van der Waals surface area contributed by atoms with Crippen molar-refractivity contribution in [2.45, 2.75) is 12.5 Å². The molecule has 0 fully saturated rings. The highest BCUT2D eigenvalue weighted by Gasteiger charge is 2.31. The summed E-state index contributed by atoms with van der Waals surface area (Å²) in [4.78, 5) is 17.7. The SMILES string of the molecule is COc1cccc(C2=NO[C@@H](C(=O)Nc3cc(Br)ccc3O)C2)c1OC. The minimum absolute atomic E-state index is 0.0323. The molecule has 0 aliphatic carbocycles. The molecule has 0 saturated carbocycles. The summed E-state index contributed by atoms with van der Waals surface area (Å²) in [7, 11) is 3.09. The summed E-state index contributed by atoms with van der Waals surface area (Å²) in [6, 6.07) is 10.2. The number of phenolic OH excluding ortho intramolecular Hbond substituents is 1. The molecule has 0 saturated heterocycles. The number of phenols is 1. The summed E-state index contributed by atoms with van der Waals surface area (Å²) >= 11 is 3.30. The van der Waals surface area contributed by atoms with Gasteiger partial charge in [-0.2, -0.15) is 0 Å². The molecule has 0 unspecified atom stereocenters. The van der Waals surface area contributed by atoms with E-state index in [0.717, 1.165) is 4.47 Å². The number of carbonyl (C=O) groups excluding carboxylic acids is 1. The molecule has 7 nitrogen and oxygen atoms in total. The molecule has 1 amide bonds. The Bertz CT molecular complexity index is 869. The van der Waals surface area contributed by atoms with Gasteiger partial charge < -0.3 is 24.7 Å². The van der Waals surface area contributed by atoms with E-state index in [1.54, 1.807) is 25.3 Å². The van der Waals surface area contributed by atoms with E-state index in [0.29, 0.717) is 28.5 Å². The van der Waals surface area contributed by atoms with Crippen LogP contribution >= 0.6 is 15.9 Å². The lowest BCUT2D eigenvalue weighted by Crippen LogP contribution is -2.28. The first-order valence-electron chi connectivity index (χ1n) is 7.77. The number of benzene rings is 2. The van der Waals surface area contributed by atoms with Crippen molar-refractivity contribution in [3.8, 4) is 17.2 Å². The zero-order chi connectivity index (χ0) is 18.7. The van der Waals surface area contributed by atoms with Gasteiger partial charge in [-0.3, -0.25) is 4.79 Å². The number of carbonyl (C=O) groups is 1. The highest BCUT2D eigenvalue weighted by molar-refractivity contribution is 9.10. The third-order valence-corrected chi connectivity index (χ3v) is 4.38. The van der Waals surface area contributed by atoms with E-state index in [4.69, 9.17) is 14.3 Å². The van der Waals surface area contributed by atoms with Crippen molar-refractivity contribution in [2.24, 2.45) is 5.16 Å². The number of ether oxygens (including phenoxy) is 2. The molecule has 1 aliphatic rings. The van der Waals surface area contributed by atoms with Gasteiger partial charge in [0.1, 0.15) is 5.75 Å². The number of anilines is 1. The van der Waals surface area contributed by atoms with Crippen molar-refractivity contribution in [1.82, 2.24) is 0 Å². The number of methoxy groups -OCH3 is 2. The van der Waals surface area contributed by atoms with Crippen LogP contribution in [0.1, 0.15) is 12.0 Å². The largest absolute Gasteiger partial charge is 0.506 e. The van der Waals surface area contributed by atoms with E-state index in [1.807, 2.05) is 12.1 Å². The topological polar surface area (TPSA) is 89.4 Å². The average Bonchev–Trinajstić information content (AvgIpc) is 3.14. The van der Waals surface area contributed by atoms with Crippen LogP contribution in [0.4, 0.5) is 5.69 Å². The fourth-order valence-electron chi connectivity index (χ4n) is 2.61. The maximum Gasteiger partial charge on any atom is 0.268 e. The van der Waals surface area contributed by atoms with Gasteiger partial charge in [-0.1, -0.05) is 27.2 Å². The monoisotopic (exact) mass is 420 g/mol. The molecular formula is C18H17BrN2O5. The molecule has 136 valence electrons. The molecule has 2 aromatic rings. The summed E-state index contributed by atoms with van der Waals surface area (Å²) < 4.78 is 11.4. The molecule has 1 aliphatic heterocycles. The summed E-state index contributed by atoms with van der Waals surface area (Å²) in [6.45, 7) is 0. The molecule has 1 heterocycles. The smallest absolute Gasteiger partial charge is 0.268 e. The predicted octanol–water partition coefficient (Wildman–Crippen LogP) is 3.30. The molecule has 2 aromatic carbocycles. The van der Waals surface area contributed by atoms with Crippen molar-refractivity contribution < 1.29 is 24.2 Å². The Kier molecular flexibility index (Phi) is 5.32. The van der Waals surface area contributed by atoms with Crippen LogP contribution in [-0.4, -0.2) is 37.0 Å². The zero-order valence-corrected chi connectivity index (χ0v) is 15.7. The second kappa shape index (κ2) is 7.65. The molecule has 2 N–H and O–H groups in total. The quantitative estimate of drug-likeness (QED) is 0.724. The zero-order valence-electron chi connectivity index (χ0n) is 14.2. The molecule has 0 aromatic heterocycles. The maximum absolute atomic E-state index is 12.4. The Morgan fingerprint density at radius 1 is 1.31 bits per heavy atom. The first-order chi connectivity index (χ1) is 12.5.